The summed E-state index contributed by atoms with van der Waals surface area (Å²) in [5.74, 6) is 0. The standard InChI is InChI=1S/C18H21N5O4S/c1-10-13(8-22-17(25)19-9-20-22)28-16-14(10)15(24)23(11-4-5-11)18(26)21(16)7-12-3-2-6-27-12/h9,11-12H,2-8H2,1H3,(H,19,20,25)/t12-/m0/s1. The third-order valence-corrected chi connectivity index (χ3v) is 6.88. The van der Waals surface area contributed by atoms with Gasteiger partial charge in [-0.2, -0.15) is 5.10 Å². The van der Waals surface area contributed by atoms with E-state index in [1.807, 2.05) is 6.92 Å². The fraction of sp³-hybridized carbons (Fsp3) is 0.556. The van der Waals surface area contributed by atoms with E-state index >= 15 is 0 Å². The Kier molecular flexibility index (Phi) is 4.13. The van der Waals surface area contributed by atoms with Gasteiger partial charge in [0.15, 0.2) is 0 Å². The molecule has 0 amide bonds. The van der Waals surface area contributed by atoms with Gasteiger partial charge in [-0.15, -0.1) is 11.3 Å². The van der Waals surface area contributed by atoms with Crippen LogP contribution in [0.4, 0.5) is 0 Å². The first kappa shape index (κ1) is 17.6. The van der Waals surface area contributed by atoms with Crippen molar-refractivity contribution in [3.63, 3.8) is 0 Å². The minimum Gasteiger partial charge on any atom is -0.376 e. The zero-order valence-electron chi connectivity index (χ0n) is 15.5. The smallest absolute Gasteiger partial charge is 0.343 e. The number of H-pyrrole nitrogens is 1. The maximum atomic E-state index is 13.2. The number of nitrogens with zero attached hydrogens (tertiary/aromatic N) is 4. The van der Waals surface area contributed by atoms with Crippen molar-refractivity contribution < 1.29 is 4.74 Å². The molecule has 2 fully saturated rings. The zero-order chi connectivity index (χ0) is 19.4. The summed E-state index contributed by atoms with van der Waals surface area (Å²) in [6, 6.07) is -0.00291. The van der Waals surface area contributed by atoms with Gasteiger partial charge in [0.05, 0.1) is 24.6 Å². The molecular formula is C18H21N5O4S. The second-order valence-corrected chi connectivity index (χ2v) is 8.60. The quantitative estimate of drug-likeness (QED) is 0.684. The summed E-state index contributed by atoms with van der Waals surface area (Å²) in [5, 5.41) is 4.58. The van der Waals surface area contributed by atoms with Crippen molar-refractivity contribution in [1.29, 1.82) is 0 Å². The number of aryl methyl sites for hydroxylation is 1. The van der Waals surface area contributed by atoms with Crippen molar-refractivity contribution in [2.75, 3.05) is 6.61 Å². The number of ether oxygens (including phenoxy) is 1. The fourth-order valence-electron chi connectivity index (χ4n) is 3.90. The SMILES string of the molecule is Cc1c(Cn2nc[nH]c2=O)sc2c1c(=O)n(C1CC1)c(=O)n2C[C@@H]1CCCO1. The maximum absolute atomic E-state index is 13.2. The lowest BCUT2D eigenvalue weighted by Gasteiger charge is -2.15. The molecular weight excluding hydrogens is 382 g/mol. The van der Waals surface area contributed by atoms with Gasteiger partial charge in [0.2, 0.25) is 0 Å². The summed E-state index contributed by atoms with van der Waals surface area (Å²) in [5.41, 5.74) is 0.0417. The van der Waals surface area contributed by atoms with Crippen molar-refractivity contribution in [2.24, 2.45) is 0 Å². The first-order valence-electron chi connectivity index (χ1n) is 9.54. The molecule has 0 bridgehead atoms. The summed E-state index contributed by atoms with van der Waals surface area (Å²) >= 11 is 1.39. The van der Waals surface area contributed by atoms with Crippen LogP contribution < -0.4 is 16.9 Å². The third-order valence-electron chi connectivity index (χ3n) is 5.58. The summed E-state index contributed by atoms with van der Waals surface area (Å²) < 4.78 is 10.2. The number of thiophene rings is 1. The van der Waals surface area contributed by atoms with Gasteiger partial charge in [0, 0.05) is 17.5 Å². The molecule has 0 spiro atoms. The lowest BCUT2D eigenvalue weighted by Crippen LogP contribution is -2.40. The summed E-state index contributed by atoms with van der Waals surface area (Å²) in [6.45, 7) is 3.31. The second-order valence-electron chi connectivity index (χ2n) is 7.52. The van der Waals surface area contributed by atoms with Gasteiger partial charge in [-0.3, -0.25) is 18.9 Å². The fourth-order valence-corrected chi connectivity index (χ4v) is 5.18. The number of aromatic amines is 1. The Labute approximate surface area is 163 Å². The van der Waals surface area contributed by atoms with Crippen LogP contribution in [-0.4, -0.2) is 36.6 Å². The molecule has 0 unspecified atom stereocenters. The van der Waals surface area contributed by atoms with Crippen LogP contribution in [-0.2, 0) is 17.8 Å². The van der Waals surface area contributed by atoms with Gasteiger partial charge >= 0.3 is 11.4 Å². The summed E-state index contributed by atoms with van der Waals surface area (Å²) in [4.78, 5) is 42.2. The first-order chi connectivity index (χ1) is 13.5. The van der Waals surface area contributed by atoms with Crippen LogP contribution >= 0.6 is 11.3 Å². The minimum absolute atomic E-state index is 0.00291. The Morgan fingerprint density at radius 1 is 1.29 bits per heavy atom. The van der Waals surface area contributed by atoms with E-state index in [1.165, 1.54) is 26.9 Å². The third kappa shape index (κ3) is 2.78. The monoisotopic (exact) mass is 403 g/mol. The van der Waals surface area contributed by atoms with Crippen molar-refractivity contribution >= 4 is 21.6 Å². The predicted octanol–water partition coefficient (Wildman–Crippen LogP) is 0.980. The van der Waals surface area contributed by atoms with Crippen LogP contribution in [0.2, 0.25) is 0 Å². The molecule has 1 N–H and O–H groups in total. The second kappa shape index (κ2) is 6.56. The van der Waals surface area contributed by atoms with Crippen LogP contribution in [0.15, 0.2) is 20.7 Å². The molecule has 1 saturated carbocycles. The van der Waals surface area contributed by atoms with Gasteiger partial charge in [-0.25, -0.2) is 14.3 Å². The molecule has 3 aromatic heterocycles. The molecule has 1 aliphatic carbocycles. The molecule has 2 aliphatic rings. The highest BCUT2D eigenvalue weighted by molar-refractivity contribution is 7.18. The predicted molar refractivity (Wildman–Crippen MR) is 104 cm³/mol. The Balaban J connectivity index is 1.71. The van der Waals surface area contributed by atoms with E-state index in [0.29, 0.717) is 23.4 Å². The highest BCUT2D eigenvalue weighted by Gasteiger charge is 2.31. The molecule has 0 aromatic carbocycles. The van der Waals surface area contributed by atoms with Crippen LogP contribution in [0, 0.1) is 6.92 Å². The molecule has 28 heavy (non-hydrogen) atoms. The topological polar surface area (TPSA) is 104 Å². The molecule has 4 heterocycles. The van der Waals surface area contributed by atoms with Crippen molar-refractivity contribution in [1.82, 2.24) is 23.9 Å². The highest BCUT2D eigenvalue weighted by Crippen LogP contribution is 2.34. The van der Waals surface area contributed by atoms with Crippen molar-refractivity contribution in [3.05, 3.63) is 48.1 Å². The Bertz CT molecular complexity index is 1220. The first-order valence-corrected chi connectivity index (χ1v) is 10.4. The van der Waals surface area contributed by atoms with E-state index in [4.69, 9.17) is 4.74 Å². The van der Waals surface area contributed by atoms with Crippen LogP contribution in [0.5, 0.6) is 0 Å². The number of hydrogen-bond acceptors (Lipinski definition) is 6. The zero-order valence-corrected chi connectivity index (χ0v) is 16.3. The molecule has 5 rings (SSSR count). The van der Waals surface area contributed by atoms with Crippen LogP contribution in [0.3, 0.4) is 0 Å². The number of hydrogen-bond donors (Lipinski definition) is 1. The molecule has 10 heteroatoms. The number of fused-ring (bicyclic) bond motifs is 1. The average Bonchev–Trinajstić information content (AvgIpc) is 3.06. The van der Waals surface area contributed by atoms with Gasteiger partial charge in [0.1, 0.15) is 11.2 Å². The lowest BCUT2D eigenvalue weighted by atomic mass is 10.2. The molecule has 1 aliphatic heterocycles. The molecule has 148 valence electrons. The van der Waals surface area contributed by atoms with Crippen LogP contribution in [0.1, 0.15) is 42.2 Å². The largest absolute Gasteiger partial charge is 0.376 e. The Morgan fingerprint density at radius 2 is 2.11 bits per heavy atom. The van der Waals surface area contributed by atoms with Gasteiger partial charge < -0.3 is 4.74 Å². The van der Waals surface area contributed by atoms with Crippen molar-refractivity contribution in [3.8, 4) is 0 Å². The van der Waals surface area contributed by atoms with Gasteiger partial charge in [0.25, 0.3) is 5.56 Å². The van der Waals surface area contributed by atoms with Crippen LogP contribution in [0.25, 0.3) is 10.2 Å². The van der Waals surface area contributed by atoms with E-state index < -0.39 is 0 Å². The van der Waals surface area contributed by atoms with E-state index in [2.05, 4.69) is 10.1 Å². The van der Waals surface area contributed by atoms with E-state index in [0.717, 1.165) is 36.1 Å². The van der Waals surface area contributed by atoms with E-state index in [9.17, 15) is 14.4 Å². The van der Waals surface area contributed by atoms with Gasteiger partial charge in [-0.1, -0.05) is 0 Å². The molecule has 1 saturated heterocycles. The normalized spacial score (nSPS) is 19.7. The minimum atomic E-state index is -0.302. The molecule has 0 radical (unpaired) electrons. The summed E-state index contributed by atoms with van der Waals surface area (Å²) in [7, 11) is 0. The molecule has 3 aromatic rings. The molecule has 1 atom stereocenters. The Morgan fingerprint density at radius 3 is 2.75 bits per heavy atom. The summed E-state index contributed by atoms with van der Waals surface area (Å²) in [6.07, 6.45) is 4.96. The lowest BCUT2D eigenvalue weighted by molar-refractivity contribution is 0.0966. The maximum Gasteiger partial charge on any atom is 0.343 e. The average molecular weight is 403 g/mol. The van der Waals surface area contributed by atoms with E-state index in [1.54, 1.807) is 4.57 Å². The number of nitrogens with one attached hydrogen (secondary N) is 1. The molecule has 9 nitrogen and oxygen atoms in total. The highest BCUT2D eigenvalue weighted by atomic mass is 32.1. The number of rotatable bonds is 5. The van der Waals surface area contributed by atoms with Crippen molar-refractivity contribution in [2.45, 2.75) is 57.8 Å². The van der Waals surface area contributed by atoms with E-state index in [-0.39, 0.29) is 35.6 Å². The van der Waals surface area contributed by atoms with Gasteiger partial charge in [-0.05, 0) is 38.2 Å². The number of aromatic nitrogens is 5. The Hall–Kier alpha value is -2.46.